The van der Waals surface area contributed by atoms with E-state index >= 15 is 0 Å². The Morgan fingerprint density at radius 2 is 1.86 bits per heavy atom. The molecular formula is C17H30N4. The molecule has 1 aromatic rings. The first-order valence-electron chi connectivity index (χ1n) is 8.04. The van der Waals surface area contributed by atoms with Crippen molar-refractivity contribution in [3.05, 3.63) is 23.9 Å². The zero-order valence-electron chi connectivity index (χ0n) is 14.2. The third kappa shape index (κ3) is 4.97. The Morgan fingerprint density at radius 1 is 1.19 bits per heavy atom. The monoisotopic (exact) mass is 290 g/mol. The summed E-state index contributed by atoms with van der Waals surface area (Å²) in [5.41, 5.74) is 1.45. The first-order valence-corrected chi connectivity index (χ1v) is 8.04. The molecule has 4 heteroatoms. The summed E-state index contributed by atoms with van der Waals surface area (Å²) < 4.78 is 0. The molecule has 1 aromatic heterocycles. The number of nitrogens with zero attached hydrogens (tertiary/aromatic N) is 3. The van der Waals surface area contributed by atoms with Gasteiger partial charge in [-0.25, -0.2) is 4.98 Å². The van der Waals surface area contributed by atoms with E-state index in [1.54, 1.807) is 0 Å². The normalized spacial score (nSPS) is 17.5. The largest absolute Gasteiger partial charge is 0.354 e. The van der Waals surface area contributed by atoms with Crippen LogP contribution in [0.15, 0.2) is 18.3 Å². The number of piperazine rings is 1. The third-order valence-corrected chi connectivity index (χ3v) is 4.00. The van der Waals surface area contributed by atoms with Gasteiger partial charge in [-0.15, -0.1) is 0 Å². The summed E-state index contributed by atoms with van der Waals surface area (Å²) in [6.45, 7) is 16.4. The molecule has 0 unspecified atom stereocenters. The van der Waals surface area contributed by atoms with Crippen molar-refractivity contribution in [1.82, 2.24) is 15.2 Å². The van der Waals surface area contributed by atoms with Gasteiger partial charge in [-0.1, -0.05) is 0 Å². The van der Waals surface area contributed by atoms with Crippen LogP contribution < -0.4 is 10.2 Å². The summed E-state index contributed by atoms with van der Waals surface area (Å²) in [5.74, 6) is 1.12. The lowest BCUT2D eigenvalue weighted by Gasteiger charge is -2.37. The Labute approximate surface area is 129 Å². The maximum absolute atomic E-state index is 4.56. The van der Waals surface area contributed by atoms with E-state index in [0.29, 0.717) is 6.04 Å². The van der Waals surface area contributed by atoms with Gasteiger partial charge in [-0.2, -0.15) is 0 Å². The summed E-state index contributed by atoms with van der Waals surface area (Å²) >= 11 is 0. The Balaban J connectivity index is 1.95. The number of hydrogen-bond donors (Lipinski definition) is 1. The van der Waals surface area contributed by atoms with E-state index in [4.69, 9.17) is 0 Å². The molecule has 1 aliphatic rings. The van der Waals surface area contributed by atoms with E-state index < -0.39 is 0 Å². The first-order chi connectivity index (χ1) is 9.85. The summed E-state index contributed by atoms with van der Waals surface area (Å²) in [6, 6.07) is 4.97. The molecule has 0 amide bonds. The van der Waals surface area contributed by atoms with Crippen molar-refractivity contribution in [2.75, 3.05) is 31.1 Å². The van der Waals surface area contributed by atoms with Gasteiger partial charge in [0.15, 0.2) is 0 Å². The molecule has 0 atom stereocenters. The number of anilines is 1. The fourth-order valence-electron chi connectivity index (χ4n) is 2.58. The second-order valence-electron chi connectivity index (χ2n) is 7.24. The number of pyridine rings is 1. The number of nitrogens with one attached hydrogen (secondary N) is 1. The Hall–Kier alpha value is -1.13. The van der Waals surface area contributed by atoms with Crippen LogP contribution in [0.5, 0.6) is 0 Å². The molecule has 0 radical (unpaired) electrons. The number of hydrogen-bond acceptors (Lipinski definition) is 4. The van der Waals surface area contributed by atoms with E-state index in [1.807, 2.05) is 6.20 Å². The third-order valence-electron chi connectivity index (χ3n) is 4.00. The van der Waals surface area contributed by atoms with Crippen molar-refractivity contribution >= 4 is 5.82 Å². The van der Waals surface area contributed by atoms with Crippen LogP contribution in [-0.4, -0.2) is 47.6 Å². The van der Waals surface area contributed by atoms with Gasteiger partial charge in [0.25, 0.3) is 0 Å². The highest BCUT2D eigenvalue weighted by Gasteiger charge is 2.19. The van der Waals surface area contributed by atoms with Crippen LogP contribution in [0.2, 0.25) is 0 Å². The molecule has 118 valence electrons. The predicted molar refractivity (Wildman–Crippen MR) is 89.8 cm³/mol. The molecule has 1 saturated heterocycles. The zero-order valence-corrected chi connectivity index (χ0v) is 14.2. The van der Waals surface area contributed by atoms with Crippen molar-refractivity contribution in [3.8, 4) is 0 Å². The average molecular weight is 290 g/mol. The lowest BCUT2D eigenvalue weighted by atomic mass is 10.1. The fraction of sp³-hybridized carbons (Fsp3) is 0.706. The highest BCUT2D eigenvalue weighted by molar-refractivity contribution is 5.41. The number of rotatable bonds is 4. The van der Waals surface area contributed by atoms with Crippen LogP contribution in [-0.2, 0) is 6.54 Å². The van der Waals surface area contributed by atoms with Gasteiger partial charge in [0.05, 0.1) is 0 Å². The van der Waals surface area contributed by atoms with Gasteiger partial charge in [0.2, 0.25) is 0 Å². The van der Waals surface area contributed by atoms with Crippen LogP contribution in [0.3, 0.4) is 0 Å². The second kappa shape index (κ2) is 6.75. The molecule has 1 N–H and O–H groups in total. The van der Waals surface area contributed by atoms with Gasteiger partial charge < -0.3 is 10.2 Å². The Morgan fingerprint density at radius 3 is 2.43 bits per heavy atom. The molecule has 21 heavy (non-hydrogen) atoms. The molecular weight excluding hydrogens is 260 g/mol. The van der Waals surface area contributed by atoms with Gasteiger partial charge in [0, 0.05) is 50.5 Å². The van der Waals surface area contributed by atoms with Gasteiger partial charge in [-0.3, -0.25) is 4.90 Å². The van der Waals surface area contributed by atoms with Gasteiger partial charge in [0.1, 0.15) is 5.82 Å². The fourth-order valence-corrected chi connectivity index (χ4v) is 2.58. The Bertz CT molecular complexity index is 442. The summed E-state index contributed by atoms with van der Waals surface area (Å²) in [4.78, 5) is 9.49. The topological polar surface area (TPSA) is 31.4 Å². The van der Waals surface area contributed by atoms with E-state index in [0.717, 1.165) is 38.5 Å². The maximum atomic E-state index is 4.56. The zero-order chi connectivity index (χ0) is 15.5. The smallest absolute Gasteiger partial charge is 0.128 e. The highest BCUT2D eigenvalue weighted by atomic mass is 15.3. The molecule has 0 aliphatic carbocycles. The molecule has 0 aromatic carbocycles. The van der Waals surface area contributed by atoms with E-state index in [-0.39, 0.29) is 5.54 Å². The van der Waals surface area contributed by atoms with Crippen molar-refractivity contribution in [1.29, 1.82) is 0 Å². The molecule has 2 heterocycles. The van der Waals surface area contributed by atoms with E-state index in [2.05, 4.69) is 66.9 Å². The SMILES string of the molecule is CC(C)N1CCN(c2cc(CNC(C)(C)C)ccn2)CC1. The quantitative estimate of drug-likeness (QED) is 0.923. The van der Waals surface area contributed by atoms with Crippen molar-refractivity contribution in [2.45, 2.75) is 52.7 Å². The standard InChI is InChI=1S/C17H30N4/c1-14(2)20-8-10-21(11-9-20)16-12-15(6-7-18-16)13-19-17(3,4)5/h6-7,12,14,19H,8-11,13H2,1-5H3. The lowest BCUT2D eigenvalue weighted by molar-refractivity contribution is 0.209. The van der Waals surface area contributed by atoms with Gasteiger partial charge in [-0.05, 0) is 52.3 Å². The second-order valence-corrected chi connectivity index (χ2v) is 7.24. The molecule has 0 spiro atoms. The van der Waals surface area contributed by atoms with Crippen LogP contribution in [0.4, 0.5) is 5.82 Å². The van der Waals surface area contributed by atoms with Crippen LogP contribution in [0.25, 0.3) is 0 Å². The van der Waals surface area contributed by atoms with Crippen LogP contribution in [0.1, 0.15) is 40.2 Å². The average Bonchev–Trinajstić information content (AvgIpc) is 2.45. The highest BCUT2D eigenvalue weighted by Crippen LogP contribution is 2.16. The lowest BCUT2D eigenvalue weighted by Crippen LogP contribution is -2.49. The van der Waals surface area contributed by atoms with Gasteiger partial charge >= 0.3 is 0 Å². The van der Waals surface area contributed by atoms with E-state index in [9.17, 15) is 0 Å². The molecule has 1 fully saturated rings. The molecule has 4 nitrogen and oxygen atoms in total. The van der Waals surface area contributed by atoms with Crippen molar-refractivity contribution in [3.63, 3.8) is 0 Å². The minimum atomic E-state index is 0.145. The maximum Gasteiger partial charge on any atom is 0.128 e. The van der Waals surface area contributed by atoms with Crippen LogP contribution in [0, 0.1) is 0 Å². The molecule has 1 aliphatic heterocycles. The minimum absolute atomic E-state index is 0.145. The van der Waals surface area contributed by atoms with Crippen molar-refractivity contribution < 1.29 is 0 Å². The summed E-state index contributed by atoms with van der Waals surface area (Å²) in [5, 5.41) is 3.54. The molecule has 2 rings (SSSR count). The van der Waals surface area contributed by atoms with Crippen LogP contribution >= 0.6 is 0 Å². The predicted octanol–water partition coefficient (Wildman–Crippen LogP) is 2.50. The Kier molecular flexibility index (Phi) is 5.22. The molecule has 0 bridgehead atoms. The van der Waals surface area contributed by atoms with E-state index in [1.165, 1.54) is 5.56 Å². The van der Waals surface area contributed by atoms with Crippen molar-refractivity contribution in [2.24, 2.45) is 0 Å². The molecule has 0 saturated carbocycles. The summed E-state index contributed by atoms with van der Waals surface area (Å²) in [6.07, 6.45) is 1.93. The number of aromatic nitrogens is 1. The summed E-state index contributed by atoms with van der Waals surface area (Å²) in [7, 11) is 0. The first kappa shape index (κ1) is 16.2. The minimum Gasteiger partial charge on any atom is -0.354 e.